The van der Waals surface area contributed by atoms with Gasteiger partial charge in [0.25, 0.3) is 5.91 Å². The Bertz CT molecular complexity index is 1510. The van der Waals surface area contributed by atoms with Crippen LogP contribution in [-0.2, 0) is 0 Å². The van der Waals surface area contributed by atoms with Crippen molar-refractivity contribution in [2.45, 2.75) is 40.7 Å². The van der Waals surface area contributed by atoms with Gasteiger partial charge in [-0.2, -0.15) is 5.10 Å². The number of thiazole rings is 1. The minimum Gasteiger partial charge on any atom is -0.466 e. The summed E-state index contributed by atoms with van der Waals surface area (Å²) in [5.41, 5.74) is 4.30. The van der Waals surface area contributed by atoms with E-state index in [1.807, 2.05) is 63.6 Å². The maximum atomic E-state index is 13.5. The van der Waals surface area contributed by atoms with Crippen molar-refractivity contribution in [3.63, 3.8) is 0 Å². The van der Waals surface area contributed by atoms with Crippen molar-refractivity contribution in [2.24, 2.45) is 0 Å². The third-order valence-electron chi connectivity index (χ3n) is 5.53. The van der Waals surface area contributed by atoms with Gasteiger partial charge < -0.3 is 4.42 Å². The lowest BCUT2D eigenvalue weighted by Gasteiger charge is -2.10. The summed E-state index contributed by atoms with van der Waals surface area (Å²) in [5.74, 6) is 1.27. The Morgan fingerprint density at radius 2 is 1.94 bits per heavy atom. The number of hydrogen-bond acceptors (Lipinski definition) is 7. The molecule has 0 fully saturated rings. The molecule has 5 aromatic rings. The van der Waals surface area contributed by atoms with E-state index >= 15 is 0 Å². The second kappa shape index (κ2) is 8.49. The molecule has 0 bridgehead atoms. The number of aryl methyl sites for hydroxylation is 3. The average molecular weight is 473 g/mol. The summed E-state index contributed by atoms with van der Waals surface area (Å²) in [6, 6.07) is 9.55. The van der Waals surface area contributed by atoms with Gasteiger partial charge in [-0.3, -0.25) is 15.1 Å². The molecule has 0 aliphatic carbocycles. The number of hydrogen-bond donors (Lipinski definition) is 1. The van der Waals surface area contributed by atoms with Crippen LogP contribution in [-0.4, -0.2) is 30.6 Å². The zero-order valence-electron chi connectivity index (χ0n) is 19.6. The fourth-order valence-electron chi connectivity index (χ4n) is 3.96. The first-order valence-electron chi connectivity index (χ1n) is 11.0. The summed E-state index contributed by atoms with van der Waals surface area (Å²) in [5, 5.41) is 8.67. The molecule has 5 aromatic heterocycles. The molecule has 172 valence electrons. The lowest BCUT2D eigenvalue weighted by atomic mass is 10.1. The monoisotopic (exact) mass is 472 g/mol. The number of anilines is 1. The fraction of sp³-hybridized carbons (Fsp3) is 0.240. The quantitative estimate of drug-likeness (QED) is 0.338. The molecule has 34 heavy (non-hydrogen) atoms. The molecule has 0 spiro atoms. The normalized spacial score (nSPS) is 11.5. The van der Waals surface area contributed by atoms with Crippen LogP contribution in [0.2, 0.25) is 0 Å². The van der Waals surface area contributed by atoms with E-state index < -0.39 is 0 Å². The van der Waals surface area contributed by atoms with Crippen LogP contribution in [0.15, 0.2) is 47.1 Å². The van der Waals surface area contributed by atoms with Crippen molar-refractivity contribution in [1.82, 2.24) is 24.7 Å². The lowest BCUT2D eigenvalue weighted by Crippen LogP contribution is -2.13. The second-order valence-corrected chi connectivity index (χ2v) is 9.40. The highest BCUT2D eigenvalue weighted by atomic mass is 32.1. The van der Waals surface area contributed by atoms with Crippen molar-refractivity contribution in [3.05, 3.63) is 65.5 Å². The first-order chi connectivity index (χ1) is 16.3. The Labute approximate surface area is 200 Å². The van der Waals surface area contributed by atoms with E-state index in [4.69, 9.17) is 9.40 Å². The second-order valence-electron chi connectivity index (χ2n) is 8.40. The molecular weight excluding hydrogens is 448 g/mol. The van der Waals surface area contributed by atoms with Crippen LogP contribution in [0.5, 0.6) is 0 Å². The van der Waals surface area contributed by atoms with E-state index in [1.54, 1.807) is 18.5 Å². The summed E-state index contributed by atoms with van der Waals surface area (Å²) >= 11 is 1.40. The van der Waals surface area contributed by atoms with Crippen molar-refractivity contribution in [2.75, 3.05) is 5.32 Å². The molecule has 1 amide bonds. The summed E-state index contributed by atoms with van der Waals surface area (Å²) in [4.78, 5) is 28.2. The zero-order valence-corrected chi connectivity index (χ0v) is 20.4. The van der Waals surface area contributed by atoms with Crippen molar-refractivity contribution in [1.29, 1.82) is 0 Å². The third kappa shape index (κ3) is 3.88. The highest BCUT2D eigenvalue weighted by molar-refractivity contribution is 7.19. The SMILES string of the molecule is Cc1cc(-c2cc(C(=O)Nc3nc(C)c(-c4ccccn4)s3)c3cnn(C(C)C)c3n2)c(C)o1. The Morgan fingerprint density at radius 3 is 2.62 bits per heavy atom. The van der Waals surface area contributed by atoms with Gasteiger partial charge in [0.05, 0.1) is 39.1 Å². The van der Waals surface area contributed by atoms with Gasteiger partial charge in [0.15, 0.2) is 10.8 Å². The number of carbonyl (C=O) groups excluding carboxylic acids is 1. The summed E-state index contributed by atoms with van der Waals surface area (Å²) < 4.78 is 7.54. The van der Waals surface area contributed by atoms with Gasteiger partial charge in [0.2, 0.25) is 0 Å². The van der Waals surface area contributed by atoms with Crippen LogP contribution < -0.4 is 5.32 Å². The van der Waals surface area contributed by atoms with E-state index in [9.17, 15) is 4.79 Å². The predicted octanol–water partition coefficient (Wildman–Crippen LogP) is 5.97. The van der Waals surface area contributed by atoms with Crippen LogP contribution in [0.25, 0.3) is 32.9 Å². The number of rotatable bonds is 5. The third-order valence-corrected chi connectivity index (χ3v) is 6.63. The van der Waals surface area contributed by atoms with E-state index in [0.29, 0.717) is 27.4 Å². The Morgan fingerprint density at radius 1 is 1.12 bits per heavy atom. The van der Waals surface area contributed by atoms with Crippen LogP contribution in [0.4, 0.5) is 5.13 Å². The van der Waals surface area contributed by atoms with Gasteiger partial charge >= 0.3 is 0 Å². The molecule has 1 N–H and O–H groups in total. The average Bonchev–Trinajstić information content (AvgIpc) is 3.49. The molecule has 0 radical (unpaired) electrons. The standard InChI is InChI=1S/C25H24N6O2S/c1-13(2)31-23-19(12-27-31)18(11-21(29-23)17-10-14(3)33-16(17)5)24(32)30-25-28-15(4)22(34-25)20-8-6-7-9-26-20/h6-13H,1-5H3,(H,28,30,32). The molecule has 0 saturated heterocycles. The minimum absolute atomic E-state index is 0.0888. The van der Waals surface area contributed by atoms with Crippen molar-refractivity contribution >= 4 is 33.4 Å². The smallest absolute Gasteiger partial charge is 0.258 e. The molecule has 0 atom stereocenters. The van der Waals surface area contributed by atoms with Gasteiger partial charge in [0, 0.05) is 17.8 Å². The molecule has 0 unspecified atom stereocenters. The van der Waals surface area contributed by atoms with Crippen LogP contribution in [0.1, 0.15) is 47.5 Å². The number of aromatic nitrogens is 5. The van der Waals surface area contributed by atoms with Gasteiger partial charge in [-0.15, -0.1) is 0 Å². The predicted molar refractivity (Wildman–Crippen MR) is 133 cm³/mol. The Kier molecular flexibility index (Phi) is 5.49. The van der Waals surface area contributed by atoms with Crippen molar-refractivity contribution < 1.29 is 9.21 Å². The topological polar surface area (TPSA) is 98.7 Å². The van der Waals surface area contributed by atoms with E-state index in [0.717, 1.165) is 33.3 Å². The number of amides is 1. The fourth-order valence-corrected chi connectivity index (χ4v) is 4.89. The summed E-state index contributed by atoms with van der Waals surface area (Å²) in [7, 11) is 0. The van der Waals surface area contributed by atoms with Crippen LogP contribution >= 0.6 is 11.3 Å². The number of carbonyl (C=O) groups is 1. The molecule has 0 saturated carbocycles. The maximum Gasteiger partial charge on any atom is 0.258 e. The minimum atomic E-state index is -0.267. The molecule has 5 rings (SSSR count). The largest absolute Gasteiger partial charge is 0.466 e. The Balaban J connectivity index is 1.58. The maximum absolute atomic E-state index is 13.5. The first kappa shape index (κ1) is 22.0. The van der Waals surface area contributed by atoms with E-state index in [1.165, 1.54) is 11.3 Å². The van der Waals surface area contributed by atoms with Gasteiger partial charge in [-0.1, -0.05) is 17.4 Å². The highest BCUT2D eigenvalue weighted by Crippen LogP contribution is 2.33. The van der Waals surface area contributed by atoms with Gasteiger partial charge in [-0.25, -0.2) is 14.6 Å². The summed E-state index contributed by atoms with van der Waals surface area (Å²) in [6.07, 6.45) is 3.44. The number of fused-ring (bicyclic) bond motifs is 1. The molecule has 0 aromatic carbocycles. The molecule has 0 aliphatic heterocycles. The molecule has 5 heterocycles. The number of furan rings is 1. The number of pyridine rings is 2. The van der Waals surface area contributed by atoms with Crippen molar-refractivity contribution in [3.8, 4) is 21.8 Å². The number of nitrogens with zero attached hydrogens (tertiary/aromatic N) is 5. The highest BCUT2D eigenvalue weighted by Gasteiger charge is 2.21. The molecular formula is C25H24N6O2S. The van der Waals surface area contributed by atoms with Gasteiger partial charge in [0.1, 0.15) is 11.5 Å². The molecule has 8 nitrogen and oxygen atoms in total. The van der Waals surface area contributed by atoms with Gasteiger partial charge in [-0.05, 0) is 58.9 Å². The molecule has 9 heteroatoms. The molecule has 0 aliphatic rings. The van der Waals surface area contributed by atoms with E-state index in [-0.39, 0.29) is 11.9 Å². The Hall–Kier alpha value is -3.85. The number of nitrogens with one attached hydrogen (secondary N) is 1. The van der Waals surface area contributed by atoms with Crippen LogP contribution in [0.3, 0.4) is 0 Å². The zero-order chi connectivity index (χ0) is 24.0. The van der Waals surface area contributed by atoms with Crippen LogP contribution in [0, 0.1) is 20.8 Å². The summed E-state index contributed by atoms with van der Waals surface area (Å²) in [6.45, 7) is 9.77. The first-order valence-corrected chi connectivity index (χ1v) is 11.8. The van der Waals surface area contributed by atoms with E-state index in [2.05, 4.69) is 20.4 Å². The lowest BCUT2D eigenvalue weighted by molar-refractivity contribution is 0.102.